The van der Waals surface area contributed by atoms with Crippen LogP contribution in [-0.4, -0.2) is 38.4 Å². The van der Waals surface area contributed by atoms with E-state index in [2.05, 4.69) is 33.0 Å². The van der Waals surface area contributed by atoms with Crippen LogP contribution in [0, 0.1) is 17.8 Å². The molecule has 29 heavy (non-hydrogen) atoms. The molecule has 0 spiro atoms. The van der Waals surface area contributed by atoms with Crippen LogP contribution in [0.15, 0.2) is 0 Å². The van der Waals surface area contributed by atoms with Gasteiger partial charge in [-0.15, -0.1) is 0 Å². The van der Waals surface area contributed by atoms with Crippen LogP contribution in [0.25, 0.3) is 0 Å². The fraction of sp³-hybridized carbons (Fsp3) is 1.00. The molecule has 1 aliphatic heterocycles. The van der Waals surface area contributed by atoms with E-state index in [1.165, 1.54) is 70.6 Å². The van der Waals surface area contributed by atoms with Crippen LogP contribution in [0.3, 0.4) is 0 Å². The van der Waals surface area contributed by atoms with E-state index in [0.29, 0.717) is 25.9 Å². The number of piperidine rings is 1. The zero-order chi connectivity index (χ0) is 21.0. The van der Waals surface area contributed by atoms with E-state index in [4.69, 9.17) is 14.2 Å². The van der Waals surface area contributed by atoms with Gasteiger partial charge in [0.15, 0.2) is 0 Å². The molecule has 2 rings (SSSR count). The average molecular weight is 412 g/mol. The van der Waals surface area contributed by atoms with Crippen molar-refractivity contribution >= 4 is 0 Å². The lowest BCUT2D eigenvalue weighted by atomic mass is 9.67. The van der Waals surface area contributed by atoms with Crippen LogP contribution >= 0.6 is 0 Å². The summed E-state index contributed by atoms with van der Waals surface area (Å²) >= 11 is 0. The van der Waals surface area contributed by atoms with Gasteiger partial charge >= 0.3 is 0 Å². The second-order valence-corrected chi connectivity index (χ2v) is 9.04. The van der Waals surface area contributed by atoms with Gasteiger partial charge in [0.25, 0.3) is 5.97 Å². The van der Waals surface area contributed by atoms with Crippen LogP contribution in [0.1, 0.15) is 105 Å². The van der Waals surface area contributed by atoms with Crippen LogP contribution in [0.4, 0.5) is 0 Å². The highest BCUT2D eigenvalue weighted by Crippen LogP contribution is 2.44. The van der Waals surface area contributed by atoms with E-state index < -0.39 is 5.97 Å². The molecule has 1 saturated heterocycles. The Hall–Kier alpha value is -0.160. The molecule has 0 amide bonds. The molecule has 0 bridgehead atoms. The van der Waals surface area contributed by atoms with E-state index in [0.717, 1.165) is 24.8 Å². The smallest absolute Gasteiger partial charge is 0.287 e. The van der Waals surface area contributed by atoms with Gasteiger partial charge in [-0.1, -0.05) is 64.7 Å². The summed E-state index contributed by atoms with van der Waals surface area (Å²) in [6.07, 6.45) is 15.9. The molecule has 2 fully saturated rings. The van der Waals surface area contributed by atoms with Crippen LogP contribution < -0.4 is 5.32 Å². The van der Waals surface area contributed by atoms with Gasteiger partial charge in [0, 0.05) is 25.9 Å². The summed E-state index contributed by atoms with van der Waals surface area (Å²) in [6.45, 7) is 11.5. The first-order valence-electron chi connectivity index (χ1n) is 12.9. The molecule has 172 valence electrons. The van der Waals surface area contributed by atoms with Gasteiger partial charge in [-0.2, -0.15) is 0 Å². The highest BCUT2D eigenvalue weighted by molar-refractivity contribution is 4.96. The molecule has 4 heteroatoms. The molecular weight excluding hydrogens is 362 g/mol. The van der Waals surface area contributed by atoms with Crippen molar-refractivity contribution in [2.45, 2.75) is 117 Å². The van der Waals surface area contributed by atoms with Gasteiger partial charge in [-0.3, -0.25) is 0 Å². The molecule has 2 aliphatic rings. The number of ether oxygens (including phenoxy) is 3. The summed E-state index contributed by atoms with van der Waals surface area (Å²) in [5.41, 5.74) is 0. The first kappa shape index (κ1) is 25.1. The minimum Gasteiger partial charge on any atom is -0.327 e. The molecule has 4 atom stereocenters. The molecule has 1 N–H and O–H groups in total. The Morgan fingerprint density at radius 1 is 0.793 bits per heavy atom. The van der Waals surface area contributed by atoms with Crippen molar-refractivity contribution in [3.8, 4) is 0 Å². The first-order valence-corrected chi connectivity index (χ1v) is 12.9. The van der Waals surface area contributed by atoms with Crippen molar-refractivity contribution in [3.63, 3.8) is 0 Å². The number of hydrogen-bond donors (Lipinski definition) is 1. The first-order chi connectivity index (χ1) is 14.2. The lowest BCUT2D eigenvalue weighted by Crippen LogP contribution is -2.60. The van der Waals surface area contributed by atoms with Crippen molar-refractivity contribution in [1.82, 2.24) is 5.32 Å². The molecule has 0 aromatic rings. The van der Waals surface area contributed by atoms with Crippen molar-refractivity contribution < 1.29 is 14.2 Å². The third-order valence-electron chi connectivity index (χ3n) is 7.12. The summed E-state index contributed by atoms with van der Waals surface area (Å²) in [5.74, 6) is 0.950. The van der Waals surface area contributed by atoms with Crippen LogP contribution in [-0.2, 0) is 14.2 Å². The molecule has 0 radical (unpaired) electrons. The van der Waals surface area contributed by atoms with E-state index in [-0.39, 0.29) is 5.92 Å². The minimum atomic E-state index is -0.904. The molecule has 0 aromatic carbocycles. The maximum Gasteiger partial charge on any atom is 0.287 e. The molecule has 1 saturated carbocycles. The molecule has 1 heterocycles. The highest BCUT2D eigenvalue weighted by Gasteiger charge is 2.50. The number of fused-ring (bicyclic) bond motifs is 1. The maximum atomic E-state index is 6.32. The zero-order valence-corrected chi connectivity index (χ0v) is 19.8. The predicted molar refractivity (Wildman–Crippen MR) is 121 cm³/mol. The van der Waals surface area contributed by atoms with Crippen molar-refractivity contribution in [2.24, 2.45) is 17.8 Å². The van der Waals surface area contributed by atoms with Gasteiger partial charge in [-0.05, 0) is 58.4 Å². The molecule has 1 aliphatic carbocycles. The second-order valence-electron chi connectivity index (χ2n) is 9.04. The third kappa shape index (κ3) is 7.19. The number of nitrogens with one attached hydrogen (secondary N) is 1. The molecule has 4 unspecified atom stereocenters. The SMILES string of the molecule is CCCCCCCCC(C1NCCC2CCCCC21)C(OCC)(OCC)OCC. The van der Waals surface area contributed by atoms with Gasteiger partial charge in [0.2, 0.25) is 0 Å². The number of hydrogen-bond acceptors (Lipinski definition) is 4. The summed E-state index contributed by atoms with van der Waals surface area (Å²) < 4.78 is 19.0. The minimum absolute atomic E-state index is 0.249. The fourth-order valence-electron chi connectivity index (χ4n) is 5.87. The van der Waals surface area contributed by atoms with Gasteiger partial charge in [0.05, 0.1) is 5.92 Å². The summed E-state index contributed by atoms with van der Waals surface area (Å²) in [7, 11) is 0. The third-order valence-corrected chi connectivity index (χ3v) is 7.12. The fourth-order valence-corrected chi connectivity index (χ4v) is 5.87. The zero-order valence-electron chi connectivity index (χ0n) is 19.8. The highest BCUT2D eigenvalue weighted by atomic mass is 16.9. The van der Waals surface area contributed by atoms with Gasteiger partial charge in [-0.25, -0.2) is 0 Å². The van der Waals surface area contributed by atoms with Crippen LogP contribution in [0.2, 0.25) is 0 Å². The molecule has 0 aromatic heterocycles. The maximum absolute atomic E-state index is 6.32. The summed E-state index contributed by atoms with van der Waals surface area (Å²) in [5, 5.41) is 3.92. The Morgan fingerprint density at radius 3 is 2.07 bits per heavy atom. The van der Waals surface area contributed by atoms with E-state index in [1.807, 2.05) is 0 Å². The van der Waals surface area contributed by atoms with E-state index in [1.54, 1.807) is 0 Å². The Bertz CT molecular complexity index is 398. The lowest BCUT2D eigenvalue weighted by Gasteiger charge is -2.50. The summed E-state index contributed by atoms with van der Waals surface area (Å²) in [4.78, 5) is 0. The normalized spacial score (nSPS) is 26.3. The lowest BCUT2D eigenvalue weighted by molar-refractivity contribution is -0.407. The standard InChI is InChI=1S/C25H49NO3/c1-5-9-10-11-12-13-18-23(25(27-6-2,28-7-3)29-8-4)24-22-17-15-14-16-21(22)19-20-26-24/h21-24,26H,5-20H2,1-4H3. The Balaban J connectivity index is 2.17. The van der Waals surface area contributed by atoms with Crippen molar-refractivity contribution in [1.29, 1.82) is 0 Å². The van der Waals surface area contributed by atoms with Crippen molar-refractivity contribution in [2.75, 3.05) is 26.4 Å². The number of unbranched alkanes of at least 4 members (excludes halogenated alkanes) is 5. The molecule has 4 nitrogen and oxygen atoms in total. The van der Waals surface area contributed by atoms with Crippen molar-refractivity contribution in [3.05, 3.63) is 0 Å². The van der Waals surface area contributed by atoms with E-state index in [9.17, 15) is 0 Å². The predicted octanol–water partition coefficient (Wildman–Crippen LogP) is 6.28. The van der Waals surface area contributed by atoms with Crippen LogP contribution in [0.5, 0.6) is 0 Å². The number of rotatable bonds is 15. The van der Waals surface area contributed by atoms with Gasteiger partial charge < -0.3 is 19.5 Å². The Labute approximate surface area is 180 Å². The largest absolute Gasteiger partial charge is 0.327 e. The Kier molecular flexibility index (Phi) is 12.1. The monoisotopic (exact) mass is 411 g/mol. The second kappa shape index (κ2) is 14.0. The Morgan fingerprint density at radius 2 is 1.41 bits per heavy atom. The average Bonchev–Trinajstić information content (AvgIpc) is 2.73. The van der Waals surface area contributed by atoms with E-state index >= 15 is 0 Å². The quantitative estimate of drug-likeness (QED) is 0.254. The summed E-state index contributed by atoms with van der Waals surface area (Å²) in [6, 6.07) is 0.439. The van der Waals surface area contributed by atoms with Gasteiger partial charge in [0.1, 0.15) is 0 Å². The topological polar surface area (TPSA) is 39.7 Å². The molecular formula is C25H49NO3.